The maximum Gasteiger partial charge on any atom is 0.242 e. The SMILES string of the molecule is CNC(=O)C1(COC)CC[C@H](c2ccc(OCc3ccccc3F)cc2)N1. The number of carbonyl (C=O) groups is 1. The number of hydrogen-bond acceptors (Lipinski definition) is 4. The second-order valence-electron chi connectivity index (χ2n) is 6.78. The average molecular weight is 372 g/mol. The van der Waals surface area contributed by atoms with Gasteiger partial charge in [-0.2, -0.15) is 0 Å². The lowest BCUT2D eigenvalue weighted by Gasteiger charge is -2.28. The summed E-state index contributed by atoms with van der Waals surface area (Å²) < 4.78 is 24.6. The number of benzene rings is 2. The summed E-state index contributed by atoms with van der Waals surface area (Å²) in [6, 6.07) is 14.3. The number of hydrogen-bond donors (Lipinski definition) is 2. The highest BCUT2D eigenvalue weighted by molar-refractivity contribution is 5.86. The van der Waals surface area contributed by atoms with Crippen molar-refractivity contribution in [2.75, 3.05) is 20.8 Å². The summed E-state index contributed by atoms with van der Waals surface area (Å²) in [7, 11) is 3.23. The van der Waals surface area contributed by atoms with Gasteiger partial charge in [-0.25, -0.2) is 4.39 Å². The van der Waals surface area contributed by atoms with Gasteiger partial charge in [0.15, 0.2) is 0 Å². The highest BCUT2D eigenvalue weighted by Gasteiger charge is 2.44. The molecule has 0 bridgehead atoms. The second-order valence-corrected chi connectivity index (χ2v) is 6.78. The van der Waals surface area contributed by atoms with Crippen LogP contribution in [0.5, 0.6) is 5.75 Å². The van der Waals surface area contributed by atoms with Gasteiger partial charge in [0.05, 0.1) is 6.61 Å². The molecule has 5 nitrogen and oxygen atoms in total. The normalized spacial score (nSPS) is 21.8. The van der Waals surface area contributed by atoms with Gasteiger partial charge in [-0.15, -0.1) is 0 Å². The first-order valence-corrected chi connectivity index (χ1v) is 9.03. The molecule has 6 heteroatoms. The molecule has 2 N–H and O–H groups in total. The van der Waals surface area contributed by atoms with Crippen molar-refractivity contribution in [2.24, 2.45) is 0 Å². The number of methoxy groups -OCH3 is 1. The van der Waals surface area contributed by atoms with Crippen LogP contribution in [-0.2, 0) is 16.1 Å². The van der Waals surface area contributed by atoms with Gasteiger partial charge in [-0.05, 0) is 36.6 Å². The molecule has 3 rings (SSSR count). The third-order valence-corrected chi connectivity index (χ3v) is 5.00. The number of ether oxygens (including phenoxy) is 2. The number of likely N-dealkylation sites (N-methyl/N-ethyl adjacent to an activating group) is 1. The lowest BCUT2D eigenvalue weighted by Crippen LogP contribution is -2.56. The van der Waals surface area contributed by atoms with E-state index in [0.717, 1.165) is 12.0 Å². The van der Waals surface area contributed by atoms with Crippen LogP contribution in [0.3, 0.4) is 0 Å². The molecule has 1 fully saturated rings. The van der Waals surface area contributed by atoms with E-state index in [1.807, 2.05) is 24.3 Å². The molecule has 1 aliphatic heterocycles. The predicted octanol–water partition coefficient (Wildman–Crippen LogP) is 2.96. The summed E-state index contributed by atoms with van der Waals surface area (Å²) in [5, 5.41) is 6.15. The Balaban J connectivity index is 1.64. The van der Waals surface area contributed by atoms with E-state index in [2.05, 4.69) is 10.6 Å². The van der Waals surface area contributed by atoms with E-state index < -0.39 is 5.54 Å². The van der Waals surface area contributed by atoms with E-state index in [1.165, 1.54) is 6.07 Å². The summed E-state index contributed by atoms with van der Waals surface area (Å²) in [6.45, 7) is 0.508. The standard InChI is InChI=1S/C21H25FN2O3/c1-23-20(25)21(14-26-2)12-11-19(24-21)15-7-9-17(10-8-15)27-13-16-5-3-4-6-18(16)22/h3-10,19,24H,11-14H2,1-2H3,(H,23,25)/t19-,21?/m1/s1. The lowest BCUT2D eigenvalue weighted by atomic mass is 9.97. The Kier molecular flexibility index (Phi) is 6.08. The Morgan fingerprint density at radius 3 is 2.67 bits per heavy atom. The van der Waals surface area contributed by atoms with E-state index in [1.54, 1.807) is 32.4 Å². The molecule has 144 valence electrons. The topological polar surface area (TPSA) is 59.6 Å². The molecule has 1 heterocycles. The maximum atomic E-state index is 13.7. The zero-order valence-electron chi connectivity index (χ0n) is 15.6. The molecule has 0 aliphatic carbocycles. The minimum Gasteiger partial charge on any atom is -0.489 e. The number of carbonyl (C=O) groups excluding carboxylic acids is 1. The van der Waals surface area contributed by atoms with E-state index in [4.69, 9.17) is 9.47 Å². The minimum atomic E-state index is -0.700. The first-order valence-electron chi connectivity index (χ1n) is 9.03. The van der Waals surface area contributed by atoms with Crippen molar-refractivity contribution in [1.82, 2.24) is 10.6 Å². The van der Waals surface area contributed by atoms with Crippen molar-refractivity contribution < 1.29 is 18.7 Å². The molecule has 0 saturated carbocycles. The molecular weight excluding hydrogens is 347 g/mol. The number of halogens is 1. The van der Waals surface area contributed by atoms with Gasteiger partial charge >= 0.3 is 0 Å². The zero-order valence-corrected chi connectivity index (χ0v) is 15.6. The van der Waals surface area contributed by atoms with Crippen molar-refractivity contribution in [3.8, 4) is 5.75 Å². The third kappa shape index (κ3) is 4.28. The molecule has 0 radical (unpaired) electrons. The van der Waals surface area contributed by atoms with Crippen LogP contribution in [0.15, 0.2) is 48.5 Å². The first-order chi connectivity index (χ1) is 13.1. The van der Waals surface area contributed by atoms with Crippen LogP contribution in [0.1, 0.15) is 30.0 Å². The molecule has 0 aromatic heterocycles. The van der Waals surface area contributed by atoms with Crippen LogP contribution in [-0.4, -0.2) is 32.2 Å². The highest BCUT2D eigenvalue weighted by atomic mass is 19.1. The Labute approximate surface area is 158 Å². The van der Waals surface area contributed by atoms with E-state index in [9.17, 15) is 9.18 Å². The van der Waals surface area contributed by atoms with Crippen molar-refractivity contribution in [1.29, 1.82) is 0 Å². The molecule has 2 aromatic rings. The Hall–Kier alpha value is -2.44. The zero-order chi connectivity index (χ0) is 19.3. The molecule has 2 aromatic carbocycles. The fourth-order valence-corrected chi connectivity index (χ4v) is 3.54. The van der Waals surface area contributed by atoms with Crippen LogP contribution >= 0.6 is 0 Å². The van der Waals surface area contributed by atoms with Crippen LogP contribution in [0.25, 0.3) is 0 Å². The molecule has 0 spiro atoms. The lowest BCUT2D eigenvalue weighted by molar-refractivity contribution is -0.128. The maximum absolute atomic E-state index is 13.7. The van der Waals surface area contributed by atoms with Crippen LogP contribution in [0, 0.1) is 5.82 Å². The molecule has 1 aliphatic rings. The van der Waals surface area contributed by atoms with Gasteiger partial charge in [0.25, 0.3) is 0 Å². The number of amides is 1. The fraction of sp³-hybridized carbons (Fsp3) is 0.381. The molecule has 1 unspecified atom stereocenters. The van der Waals surface area contributed by atoms with Crippen LogP contribution < -0.4 is 15.4 Å². The van der Waals surface area contributed by atoms with Crippen LogP contribution in [0.4, 0.5) is 4.39 Å². The number of rotatable bonds is 7. The van der Waals surface area contributed by atoms with Crippen molar-refractivity contribution >= 4 is 5.91 Å². The molecular formula is C21H25FN2O3. The first kappa shape index (κ1) is 19.3. The average Bonchev–Trinajstić information content (AvgIpc) is 3.13. The summed E-state index contributed by atoms with van der Waals surface area (Å²) >= 11 is 0. The molecule has 27 heavy (non-hydrogen) atoms. The Morgan fingerprint density at radius 1 is 1.26 bits per heavy atom. The van der Waals surface area contributed by atoms with Crippen molar-refractivity contribution in [3.63, 3.8) is 0 Å². The molecule has 1 amide bonds. The van der Waals surface area contributed by atoms with Crippen molar-refractivity contribution in [3.05, 3.63) is 65.5 Å². The Bertz CT molecular complexity index is 781. The quantitative estimate of drug-likeness (QED) is 0.785. The summed E-state index contributed by atoms with van der Waals surface area (Å²) in [6.07, 6.45) is 1.54. The molecule has 2 atom stereocenters. The highest BCUT2D eigenvalue weighted by Crippen LogP contribution is 2.34. The minimum absolute atomic E-state index is 0.0586. The summed E-state index contributed by atoms with van der Waals surface area (Å²) in [5.41, 5.74) is 0.901. The monoisotopic (exact) mass is 372 g/mol. The van der Waals surface area contributed by atoms with Crippen molar-refractivity contribution in [2.45, 2.75) is 31.0 Å². The van der Waals surface area contributed by atoms with Gasteiger partial charge in [-0.3, -0.25) is 10.1 Å². The van der Waals surface area contributed by atoms with E-state index >= 15 is 0 Å². The van der Waals surface area contributed by atoms with Gasteiger partial charge in [0.2, 0.25) is 5.91 Å². The van der Waals surface area contributed by atoms with Gasteiger partial charge in [0, 0.05) is 25.8 Å². The molecule has 1 saturated heterocycles. The third-order valence-electron chi connectivity index (χ3n) is 5.00. The predicted molar refractivity (Wildman–Crippen MR) is 101 cm³/mol. The van der Waals surface area contributed by atoms with E-state index in [0.29, 0.717) is 24.3 Å². The number of nitrogens with one attached hydrogen (secondary N) is 2. The van der Waals surface area contributed by atoms with Gasteiger partial charge in [0.1, 0.15) is 23.7 Å². The van der Waals surface area contributed by atoms with Gasteiger partial charge < -0.3 is 14.8 Å². The fourth-order valence-electron chi connectivity index (χ4n) is 3.54. The Morgan fingerprint density at radius 2 is 2.00 bits per heavy atom. The van der Waals surface area contributed by atoms with Gasteiger partial charge in [-0.1, -0.05) is 30.3 Å². The largest absolute Gasteiger partial charge is 0.489 e. The summed E-state index contributed by atoms with van der Waals surface area (Å²) in [5.74, 6) is 0.346. The smallest absolute Gasteiger partial charge is 0.242 e. The van der Waals surface area contributed by atoms with E-state index in [-0.39, 0.29) is 24.4 Å². The summed E-state index contributed by atoms with van der Waals surface area (Å²) in [4.78, 5) is 12.3. The van der Waals surface area contributed by atoms with Crippen LogP contribution in [0.2, 0.25) is 0 Å². The second kappa shape index (κ2) is 8.50.